The molecule has 1 aromatic heterocycles. The fourth-order valence-corrected chi connectivity index (χ4v) is 3.23. The topological polar surface area (TPSA) is 64.3 Å². The first-order valence-electron chi connectivity index (χ1n) is 8.88. The maximum Gasteiger partial charge on any atom is 0.274 e. The van der Waals surface area contributed by atoms with Gasteiger partial charge in [-0.25, -0.2) is 4.68 Å². The number of aromatic nitrogens is 2. The molecule has 1 N–H and O–H groups in total. The third-order valence-electron chi connectivity index (χ3n) is 4.60. The molecule has 0 fully saturated rings. The monoisotopic (exact) mass is 360 g/mol. The summed E-state index contributed by atoms with van der Waals surface area (Å²) >= 11 is 0. The standard InChI is InChI=1S/C22H20N2O3/c1-15-20-8-4-5-9-21(20)22(26)24(23-15)13-18(25)14-27-19-11-10-16-6-2-3-7-17(16)12-19/h2-12,18,25H,13-14H2,1H3. The zero-order valence-corrected chi connectivity index (χ0v) is 15.0. The van der Waals surface area contributed by atoms with Gasteiger partial charge in [0, 0.05) is 5.39 Å². The van der Waals surface area contributed by atoms with Crippen LogP contribution in [0.5, 0.6) is 5.75 Å². The highest BCUT2D eigenvalue weighted by Gasteiger charge is 2.12. The molecule has 0 bridgehead atoms. The summed E-state index contributed by atoms with van der Waals surface area (Å²) in [6, 6.07) is 21.2. The van der Waals surface area contributed by atoms with Gasteiger partial charge in [0.05, 0.1) is 17.6 Å². The van der Waals surface area contributed by atoms with Crippen molar-refractivity contribution in [2.24, 2.45) is 0 Å². The largest absolute Gasteiger partial charge is 0.491 e. The van der Waals surface area contributed by atoms with Crippen LogP contribution >= 0.6 is 0 Å². The number of hydrogen-bond donors (Lipinski definition) is 1. The molecular formula is C22H20N2O3. The molecule has 0 aliphatic rings. The molecule has 1 atom stereocenters. The van der Waals surface area contributed by atoms with Gasteiger partial charge in [-0.05, 0) is 35.9 Å². The first kappa shape index (κ1) is 17.2. The zero-order valence-electron chi connectivity index (χ0n) is 15.0. The van der Waals surface area contributed by atoms with Gasteiger partial charge in [0.1, 0.15) is 18.5 Å². The SMILES string of the molecule is Cc1nn(CC(O)COc2ccc3ccccc3c2)c(=O)c2ccccc12. The number of hydrogen-bond acceptors (Lipinski definition) is 4. The number of aryl methyl sites for hydroxylation is 1. The Morgan fingerprint density at radius 3 is 2.52 bits per heavy atom. The third-order valence-corrected chi connectivity index (χ3v) is 4.60. The van der Waals surface area contributed by atoms with E-state index in [1.54, 1.807) is 6.07 Å². The molecule has 0 saturated carbocycles. The fourth-order valence-electron chi connectivity index (χ4n) is 3.23. The third kappa shape index (κ3) is 3.55. The number of aliphatic hydroxyl groups excluding tert-OH is 1. The van der Waals surface area contributed by atoms with Crippen molar-refractivity contribution < 1.29 is 9.84 Å². The first-order valence-corrected chi connectivity index (χ1v) is 8.88. The van der Waals surface area contributed by atoms with Crippen LogP contribution < -0.4 is 10.3 Å². The lowest BCUT2D eigenvalue weighted by Gasteiger charge is -2.15. The van der Waals surface area contributed by atoms with Crippen LogP contribution in [0.1, 0.15) is 5.69 Å². The second-order valence-electron chi connectivity index (χ2n) is 6.59. The molecule has 3 aromatic carbocycles. The van der Waals surface area contributed by atoms with Gasteiger partial charge in [-0.2, -0.15) is 5.10 Å². The molecule has 0 aliphatic carbocycles. The minimum atomic E-state index is -0.845. The number of ether oxygens (including phenoxy) is 1. The summed E-state index contributed by atoms with van der Waals surface area (Å²) in [5.74, 6) is 0.683. The number of fused-ring (bicyclic) bond motifs is 2. The summed E-state index contributed by atoms with van der Waals surface area (Å²) in [5, 5.41) is 18.3. The van der Waals surface area contributed by atoms with Crippen LogP contribution in [0.15, 0.2) is 71.5 Å². The highest BCUT2D eigenvalue weighted by Crippen LogP contribution is 2.20. The van der Waals surface area contributed by atoms with Gasteiger partial charge in [0.15, 0.2) is 0 Å². The Morgan fingerprint density at radius 2 is 1.70 bits per heavy atom. The van der Waals surface area contributed by atoms with Gasteiger partial charge >= 0.3 is 0 Å². The molecule has 136 valence electrons. The fraction of sp³-hybridized carbons (Fsp3) is 0.182. The average Bonchev–Trinajstić information content (AvgIpc) is 2.70. The highest BCUT2D eigenvalue weighted by molar-refractivity contribution is 5.84. The molecule has 1 heterocycles. The van der Waals surface area contributed by atoms with Gasteiger partial charge in [-0.1, -0.05) is 48.5 Å². The van der Waals surface area contributed by atoms with Crippen LogP contribution in [0.4, 0.5) is 0 Å². The van der Waals surface area contributed by atoms with Gasteiger partial charge in [-0.15, -0.1) is 0 Å². The zero-order chi connectivity index (χ0) is 18.8. The van der Waals surface area contributed by atoms with E-state index >= 15 is 0 Å². The van der Waals surface area contributed by atoms with E-state index in [2.05, 4.69) is 5.10 Å². The Morgan fingerprint density at radius 1 is 1.00 bits per heavy atom. The summed E-state index contributed by atoms with van der Waals surface area (Å²) in [6.07, 6.45) is -0.845. The van der Waals surface area contributed by atoms with Gasteiger partial charge in [0.25, 0.3) is 5.56 Å². The number of nitrogens with zero attached hydrogens (tertiary/aromatic N) is 2. The predicted molar refractivity (Wildman–Crippen MR) is 106 cm³/mol. The summed E-state index contributed by atoms with van der Waals surface area (Å²) in [5.41, 5.74) is 0.550. The Hall–Kier alpha value is -3.18. The van der Waals surface area contributed by atoms with E-state index in [1.165, 1.54) is 4.68 Å². The van der Waals surface area contributed by atoms with Gasteiger partial charge in [0.2, 0.25) is 0 Å². The molecule has 4 aromatic rings. The van der Waals surface area contributed by atoms with Gasteiger partial charge < -0.3 is 9.84 Å². The van der Waals surface area contributed by atoms with Crippen LogP contribution in [0.25, 0.3) is 21.5 Å². The summed E-state index contributed by atoms with van der Waals surface area (Å²) in [7, 11) is 0. The smallest absolute Gasteiger partial charge is 0.274 e. The summed E-state index contributed by atoms with van der Waals surface area (Å²) in [6.45, 7) is 2.02. The van der Waals surface area contributed by atoms with Crippen molar-refractivity contribution in [1.29, 1.82) is 0 Å². The number of rotatable bonds is 5. The molecular weight excluding hydrogens is 340 g/mol. The summed E-state index contributed by atoms with van der Waals surface area (Å²) < 4.78 is 7.02. The lowest BCUT2D eigenvalue weighted by atomic mass is 10.1. The second-order valence-corrected chi connectivity index (χ2v) is 6.59. The Balaban J connectivity index is 1.49. The van der Waals surface area contributed by atoms with Crippen molar-refractivity contribution in [2.75, 3.05) is 6.61 Å². The van der Waals surface area contributed by atoms with Crippen molar-refractivity contribution in [3.05, 3.63) is 82.8 Å². The molecule has 0 aliphatic heterocycles. The first-order chi connectivity index (χ1) is 13.1. The second kappa shape index (κ2) is 7.21. The van der Waals surface area contributed by atoms with E-state index in [-0.39, 0.29) is 18.7 Å². The average molecular weight is 360 g/mol. The molecule has 27 heavy (non-hydrogen) atoms. The number of aliphatic hydroxyl groups is 1. The minimum Gasteiger partial charge on any atom is -0.491 e. The van der Waals surface area contributed by atoms with E-state index in [4.69, 9.17) is 4.74 Å². The molecule has 1 unspecified atom stereocenters. The van der Waals surface area contributed by atoms with Crippen LogP contribution in [-0.2, 0) is 6.54 Å². The van der Waals surface area contributed by atoms with Crippen molar-refractivity contribution in [1.82, 2.24) is 9.78 Å². The van der Waals surface area contributed by atoms with Crippen molar-refractivity contribution >= 4 is 21.5 Å². The van der Waals surface area contributed by atoms with E-state index in [1.807, 2.05) is 67.6 Å². The van der Waals surface area contributed by atoms with Crippen LogP contribution in [0.2, 0.25) is 0 Å². The molecule has 0 radical (unpaired) electrons. The molecule has 5 nitrogen and oxygen atoms in total. The molecule has 5 heteroatoms. The van der Waals surface area contributed by atoms with Crippen molar-refractivity contribution in [3.63, 3.8) is 0 Å². The van der Waals surface area contributed by atoms with Gasteiger partial charge in [-0.3, -0.25) is 4.79 Å². The normalized spacial score (nSPS) is 12.4. The van der Waals surface area contributed by atoms with E-state index in [9.17, 15) is 9.90 Å². The minimum absolute atomic E-state index is 0.0814. The van der Waals surface area contributed by atoms with Crippen LogP contribution in [0.3, 0.4) is 0 Å². The lowest BCUT2D eigenvalue weighted by Crippen LogP contribution is -2.32. The van der Waals surface area contributed by atoms with Crippen molar-refractivity contribution in [3.8, 4) is 5.75 Å². The van der Waals surface area contributed by atoms with Crippen LogP contribution in [-0.4, -0.2) is 27.6 Å². The Labute approximate surface area is 156 Å². The molecule has 0 saturated heterocycles. The Bertz CT molecular complexity index is 1170. The lowest BCUT2D eigenvalue weighted by molar-refractivity contribution is 0.0881. The van der Waals surface area contributed by atoms with Crippen molar-refractivity contribution in [2.45, 2.75) is 19.6 Å². The summed E-state index contributed by atoms with van der Waals surface area (Å²) in [4.78, 5) is 12.6. The Kier molecular flexibility index (Phi) is 4.60. The van der Waals surface area contributed by atoms with E-state index in [0.29, 0.717) is 11.1 Å². The molecule has 0 amide bonds. The van der Waals surface area contributed by atoms with E-state index in [0.717, 1.165) is 21.9 Å². The van der Waals surface area contributed by atoms with Crippen LogP contribution in [0, 0.1) is 6.92 Å². The number of benzene rings is 3. The molecule has 0 spiro atoms. The predicted octanol–water partition coefficient (Wildman–Crippen LogP) is 3.30. The van der Waals surface area contributed by atoms with E-state index < -0.39 is 6.10 Å². The maximum absolute atomic E-state index is 12.6. The quantitative estimate of drug-likeness (QED) is 0.593. The molecule has 4 rings (SSSR count). The highest BCUT2D eigenvalue weighted by atomic mass is 16.5. The maximum atomic E-state index is 12.6.